The third-order valence-corrected chi connectivity index (χ3v) is 3.70. The summed E-state index contributed by atoms with van der Waals surface area (Å²) in [4.78, 5) is 0. The molecule has 4 heteroatoms. The Balaban J connectivity index is 2.20. The molecule has 1 saturated heterocycles. The van der Waals surface area contributed by atoms with Crippen LogP contribution >= 0.6 is 11.6 Å². The summed E-state index contributed by atoms with van der Waals surface area (Å²) in [6.07, 6.45) is 2.47. The Kier molecular flexibility index (Phi) is 4.02. The van der Waals surface area contributed by atoms with Gasteiger partial charge in [-0.2, -0.15) is 0 Å². The average molecular weight is 258 g/mol. The van der Waals surface area contributed by atoms with Crippen molar-refractivity contribution in [3.8, 4) is 0 Å². The molecule has 2 nitrogen and oxygen atoms in total. The summed E-state index contributed by atoms with van der Waals surface area (Å²) in [5.41, 5.74) is 0.347. The molecule has 1 fully saturated rings. The maximum Gasteiger partial charge on any atom is 0.126 e. The van der Waals surface area contributed by atoms with Crippen molar-refractivity contribution >= 4 is 11.6 Å². The minimum atomic E-state index is -0.246. The number of aliphatic hydroxyl groups is 1. The number of hydrogen-bond acceptors (Lipinski definition) is 2. The largest absolute Gasteiger partial charge is 0.396 e. The average Bonchev–Trinajstić information content (AvgIpc) is 2.35. The van der Waals surface area contributed by atoms with Crippen molar-refractivity contribution in [3.63, 3.8) is 0 Å². The van der Waals surface area contributed by atoms with Crippen LogP contribution in [0.5, 0.6) is 0 Å². The van der Waals surface area contributed by atoms with Crippen molar-refractivity contribution in [2.24, 2.45) is 5.41 Å². The first-order valence-electron chi connectivity index (χ1n) is 5.91. The molecule has 0 saturated carbocycles. The molecular formula is C13H17ClFNO. The first kappa shape index (κ1) is 12.8. The van der Waals surface area contributed by atoms with Gasteiger partial charge in [-0.05, 0) is 49.6 Å². The first-order valence-corrected chi connectivity index (χ1v) is 6.29. The molecule has 94 valence electrons. The number of aliphatic hydroxyl groups excluding tert-OH is 1. The fraction of sp³-hybridized carbons (Fsp3) is 0.538. The van der Waals surface area contributed by atoms with E-state index in [2.05, 4.69) is 5.32 Å². The predicted octanol–water partition coefficient (Wildman–Crippen LogP) is 2.38. The number of rotatable bonds is 3. The van der Waals surface area contributed by atoms with E-state index in [1.165, 1.54) is 6.07 Å². The van der Waals surface area contributed by atoms with Crippen LogP contribution in [0, 0.1) is 11.2 Å². The molecule has 1 aromatic rings. The zero-order chi connectivity index (χ0) is 12.3. The molecule has 0 aromatic heterocycles. The Morgan fingerprint density at radius 3 is 2.94 bits per heavy atom. The van der Waals surface area contributed by atoms with Gasteiger partial charge in [0.2, 0.25) is 0 Å². The number of hydrogen-bond donors (Lipinski definition) is 2. The van der Waals surface area contributed by atoms with Crippen LogP contribution in [0.4, 0.5) is 4.39 Å². The number of nitrogens with one attached hydrogen (secondary N) is 1. The van der Waals surface area contributed by atoms with Crippen molar-refractivity contribution in [1.29, 1.82) is 0 Å². The van der Waals surface area contributed by atoms with Crippen LogP contribution in [-0.2, 0) is 6.42 Å². The zero-order valence-corrected chi connectivity index (χ0v) is 10.4. The van der Waals surface area contributed by atoms with Gasteiger partial charge < -0.3 is 10.4 Å². The van der Waals surface area contributed by atoms with Crippen LogP contribution in [0.3, 0.4) is 0 Å². The molecule has 1 aliphatic rings. The molecular weight excluding hydrogens is 241 g/mol. The van der Waals surface area contributed by atoms with E-state index in [4.69, 9.17) is 11.6 Å². The molecule has 1 aliphatic heterocycles. The van der Waals surface area contributed by atoms with Crippen molar-refractivity contribution in [1.82, 2.24) is 5.32 Å². The highest BCUT2D eigenvalue weighted by Crippen LogP contribution is 2.31. The maximum atomic E-state index is 13.7. The van der Waals surface area contributed by atoms with Gasteiger partial charge in [-0.15, -0.1) is 0 Å². The lowest BCUT2D eigenvalue weighted by molar-refractivity contribution is 0.0939. The summed E-state index contributed by atoms with van der Waals surface area (Å²) in [5.74, 6) is -0.243. The third kappa shape index (κ3) is 2.97. The van der Waals surface area contributed by atoms with E-state index in [9.17, 15) is 9.50 Å². The molecule has 1 heterocycles. The zero-order valence-electron chi connectivity index (χ0n) is 9.68. The van der Waals surface area contributed by atoms with E-state index >= 15 is 0 Å². The summed E-state index contributed by atoms with van der Waals surface area (Å²) in [6, 6.07) is 4.59. The molecule has 1 atom stereocenters. The first-order chi connectivity index (χ1) is 8.15. The molecule has 1 aromatic carbocycles. The fourth-order valence-electron chi connectivity index (χ4n) is 2.45. The van der Waals surface area contributed by atoms with Gasteiger partial charge in [0.05, 0.1) is 6.61 Å². The summed E-state index contributed by atoms with van der Waals surface area (Å²) >= 11 is 5.88. The van der Waals surface area contributed by atoms with Crippen LogP contribution < -0.4 is 5.32 Å². The summed E-state index contributed by atoms with van der Waals surface area (Å²) in [7, 11) is 0. The predicted molar refractivity (Wildman–Crippen MR) is 66.7 cm³/mol. The van der Waals surface area contributed by atoms with Gasteiger partial charge in [0.15, 0.2) is 0 Å². The second-order valence-electron chi connectivity index (χ2n) is 4.85. The van der Waals surface area contributed by atoms with Crippen molar-refractivity contribution in [3.05, 3.63) is 34.6 Å². The molecule has 0 amide bonds. The number of halogens is 2. The second kappa shape index (κ2) is 5.34. The molecule has 0 bridgehead atoms. The van der Waals surface area contributed by atoms with Crippen molar-refractivity contribution in [2.75, 3.05) is 19.7 Å². The van der Waals surface area contributed by atoms with Gasteiger partial charge in [-0.25, -0.2) is 4.39 Å². The van der Waals surface area contributed by atoms with E-state index in [0.29, 0.717) is 17.0 Å². The van der Waals surface area contributed by atoms with Crippen molar-refractivity contribution in [2.45, 2.75) is 19.3 Å². The number of benzene rings is 1. The molecule has 1 unspecified atom stereocenters. The normalized spacial score (nSPS) is 24.9. The van der Waals surface area contributed by atoms with Crippen molar-refractivity contribution < 1.29 is 9.50 Å². The van der Waals surface area contributed by atoms with Crippen LogP contribution in [-0.4, -0.2) is 24.8 Å². The summed E-state index contributed by atoms with van der Waals surface area (Å²) in [6.45, 7) is 1.78. The smallest absolute Gasteiger partial charge is 0.126 e. The Hall–Kier alpha value is -0.640. The highest BCUT2D eigenvalue weighted by Gasteiger charge is 2.32. The van der Waals surface area contributed by atoms with E-state index in [1.807, 2.05) is 0 Å². The van der Waals surface area contributed by atoms with E-state index < -0.39 is 0 Å². The van der Waals surface area contributed by atoms with Gasteiger partial charge in [0, 0.05) is 17.0 Å². The number of piperidine rings is 1. The fourth-order valence-corrected chi connectivity index (χ4v) is 2.65. The molecule has 2 N–H and O–H groups in total. The standard InChI is InChI=1S/C13H17ClFNO/c14-11-2-3-12(15)10(6-11)7-13(9-17)4-1-5-16-8-13/h2-3,6,16-17H,1,4-5,7-9H2. The van der Waals surface area contributed by atoms with Crippen LogP contribution in [0.15, 0.2) is 18.2 Å². The van der Waals surface area contributed by atoms with Crippen LogP contribution in [0.1, 0.15) is 18.4 Å². The third-order valence-electron chi connectivity index (χ3n) is 3.47. The summed E-state index contributed by atoms with van der Waals surface area (Å²) < 4.78 is 13.7. The Bertz CT molecular complexity index is 391. The quantitative estimate of drug-likeness (QED) is 0.872. The summed E-state index contributed by atoms with van der Waals surface area (Å²) in [5, 5.41) is 13.4. The van der Waals surface area contributed by atoms with E-state index in [0.717, 1.165) is 25.9 Å². The van der Waals surface area contributed by atoms with Gasteiger partial charge in [-0.1, -0.05) is 11.6 Å². The minimum Gasteiger partial charge on any atom is -0.396 e. The van der Waals surface area contributed by atoms with Gasteiger partial charge in [0.25, 0.3) is 0 Å². The Labute approximate surface area is 106 Å². The molecule has 0 aliphatic carbocycles. The molecule has 0 radical (unpaired) electrons. The van der Waals surface area contributed by atoms with Gasteiger partial charge >= 0.3 is 0 Å². The highest BCUT2D eigenvalue weighted by molar-refractivity contribution is 6.30. The van der Waals surface area contributed by atoms with E-state index in [1.54, 1.807) is 12.1 Å². The topological polar surface area (TPSA) is 32.3 Å². The second-order valence-corrected chi connectivity index (χ2v) is 5.29. The van der Waals surface area contributed by atoms with Crippen LogP contribution in [0.25, 0.3) is 0 Å². The lowest BCUT2D eigenvalue weighted by Gasteiger charge is -2.36. The minimum absolute atomic E-state index is 0.0754. The van der Waals surface area contributed by atoms with Crippen LogP contribution in [0.2, 0.25) is 5.02 Å². The molecule has 2 rings (SSSR count). The lowest BCUT2D eigenvalue weighted by Crippen LogP contribution is -2.44. The molecule has 0 spiro atoms. The SMILES string of the molecule is OCC1(Cc2cc(Cl)ccc2F)CCCNC1. The molecule has 17 heavy (non-hydrogen) atoms. The van der Waals surface area contributed by atoms with Gasteiger partial charge in [-0.3, -0.25) is 0 Å². The maximum absolute atomic E-state index is 13.7. The Morgan fingerprint density at radius 1 is 1.47 bits per heavy atom. The Morgan fingerprint density at radius 2 is 2.29 bits per heavy atom. The lowest BCUT2D eigenvalue weighted by atomic mass is 9.76. The van der Waals surface area contributed by atoms with E-state index in [-0.39, 0.29) is 17.8 Å². The highest BCUT2D eigenvalue weighted by atomic mass is 35.5. The van der Waals surface area contributed by atoms with Gasteiger partial charge in [0.1, 0.15) is 5.82 Å². The monoisotopic (exact) mass is 257 g/mol.